The number of nitrogens with zero attached hydrogens (tertiary/aromatic N) is 6. The van der Waals surface area contributed by atoms with Gasteiger partial charge in [0.05, 0.1) is 11.4 Å². The van der Waals surface area contributed by atoms with Crippen molar-refractivity contribution in [1.82, 2.24) is 30.0 Å². The van der Waals surface area contributed by atoms with E-state index in [0.29, 0.717) is 36.5 Å². The molecule has 3 N–H and O–H groups in total. The number of aromatic nitrogens is 4. The zero-order valence-corrected chi connectivity index (χ0v) is 24.7. The smallest absolute Gasteiger partial charge is 0.264 e. The second-order valence-corrected chi connectivity index (χ2v) is 11.9. The molecule has 0 bridgehead atoms. The Balaban J connectivity index is 1.29. The molecule has 0 unspecified atom stereocenters. The number of ether oxygens (including phenoxy) is 1. The van der Waals surface area contributed by atoms with Gasteiger partial charge >= 0.3 is 0 Å². The maximum Gasteiger partial charge on any atom is 0.264 e. The fourth-order valence-electron chi connectivity index (χ4n) is 5.69. The lowest BCUT2D eigenvalue weighted by molar-refractivity contribution is -0.128. The molecule has 3 heterocycles. The van der Waals surface area contributed by atoms with Crippen molar-refractivity contribution >= 4 is 22.8 Å². The number of nitriles is 1. The molecule has 4 aromatic rings. The van der Waals surface area contributed by atoms with Crippen molar-refractivity contribution in [3.8, 4) is 28.8 Å². The molecule has 1 atom stereocenters. The van der Waals surface area contributed by atoms with Crippen LogP contribution in [0.15, 0.2) is 54.4 Å². The number of piperidine rings is 1. The largest absolute Gasteiger partial charge is 0.454 e. The molecule has 1 aliphatic heterocycles. The van der Waals surface area contributed by atoms with Crippen LogP contribution in [0.25, 0.3) is 22.3 Å². The topological polar surface area (TPSA) is 135 Å². The molecule has 0 radical (unpaired) electrons. The molecule has 1 amide bonds. The number of hydrogen-bond acceptors (Lipinski definition) is 8. The number of nitrogens with two attached hydrogens (primary N) is 1. The van der Waals surface area contributed by atoms with E-state index in [2.05, 4.69) is 21.4 Å². The summed E-state index contributed by atoms with van der Waals surface area (Å²) in [6.45, 7) is 4.60. The van der Waals surface area contributed by atoms with Gasteiger partial charge in [-0.15, -0.1) is 0 Å². The molecule has 2 aliphatic rings. The minimum atomic E-state index is -1.19. The molecule has 45 heavy (non-hydrogen) atoms. The third kappa shape index (κ3) is 6.19. The van der Waals surface area contributed by atoms with Crippen LogP contribution in [-0.2, 0) is 4.79 Å². The van der Waals surface area contributed by atoms with E-state index in [1.165, 1.54) is 30.6 Å². The minimum absolute atomic E-state index is 0.0491. The molecule has 2 aromatic carbocycles. The molecule has 10 nitrogen and oxygen atoms in total. The molecular weight excluding hydrogens is 585 g/mol. The molecular formula is C32H31F3N8O2. The van der Waals surface area contributed by atoms with Gasteiger partial charge in [-0.25, -0.2) is 23.4 Å². The number of nitrogen functional groups attached to an aromatic ring is 1. The summed E-state index contributed by atoms with van der Waals surface area (Å²) in [5, 5.41) is 18.4. The Bertz CT molecular complexity index is 1860. The van der Waals surface area contributed by atoms with Crippen LogP contribution in [0.3, 0.4) is 0 Å². The van der Waals surface area contributed by atoms with Gasteiger partial charge in [-0.05, 0) is 69.9 Å². The van der Waals surface area contributed by atoms with Crippen LogP contribution in [-0.4, -0.2) is 55.2 Å². The van der Waals surface area contributed by atoms with Crippen molar-refractivity contribution in [2.75, 3.05) is 18.8 Å². The molecule has 2 fully saturated rings. The number of anilines is 1. The Labute approximate surface area is 257 Å². The molecule has 232 valence electrons. The van der Waals surface area contributed by atoms with Gasteiger partial charge in [-0.2, -0.15) is 14.8 Å². The number of benzene rings is 2. The predicted molar refractivity (Wildman–Crippen MR) is 160 cm³/mol. The van der Waals surface area contributed by atoms with E-state index in [1.54, 1.807) is 15.7 Å². The Hall–Kier alpha value is -4.96. The lowest BCUT2D eigenvalue weighted by Crippen LogP contribution is -2.43. The monoisotopic (exact) mass is 616 g/mol. The number of halogens is 3. The maximum atomic E-state index is 15.6. The van der Waals surface area contributed by atoms with Crippen molar-refractivity contribution in [2.45, 2.75) is 57.2 Å². The highest BCUT2D eigenvalue weighted by molar-refractivity contribution is 5.99. The predicted octanol–water partition coefficient (Wildman–Crippen LogP) is 5.43. The van der Waals surface area contributed by atoms with Gasteiger partial charge in [0.25, 0.3) is 5.91 Å². The van der Waals surface area contributed by atoms with Crippen LogP contribution < -0.4 is 15.8 Å². The standard InChI is InChI=1S/C32H31F3N8O2/c1-32(2,40-19-8-9-19)14-18(15-36)31(44)42-12-4-5-20(16-42)43-30-26(29(37)38-17-39-30)28(41-43)22-11-10-21(13-24(22)34)45-25-7-3-6-23(33)27(25)35/h3,6-7,10-11,13-14,17,19-20,40H,4-5,8-9,12,16H2,1-2H3,(H2,37,38,39)/b18-14-/t20-/m0/s1. The minimum Gasteiger partial charge on any atom is -0.454 e. The van der Waals surface area contributed by atoms with Crippen LogP contribution in [0.4, 0.5) is 19.0 Å². The first-order valence-corrected chi connectivity index (χ1v) is 14.6. The Morgan fingerprint density at radius 3 is 2.69 bits per heavy atom. The molecule has 6 rings (SSSR count). The zero-order chi connectivity index (χ0) is 31.9. The quantitative estimate of drug-likeness (QED) is 0.198. The number of carbonyl (C=O) groups is 1. The third-order valence-electron chi connectivity index (χ3n) is 7.90. The fourth-order valence-corrected chi connectivity index (χ4v) is 5.69. The van der Waals surface area contributed by atoms with Gasteiger partial charge in [0, 0.05) is 36.3 Å². The van der Waals surface area contributed by atoms with Gasteiger partial charge < -0.3 is 20.7 Å². The number of amides is 1. The molecule has 1 saturated heterocycles. The van der Waals surface area contributed by atoms with Crippen molar-refractivity contribution in [3.63, 3.8) is 0 Å². The zero-order valence-electron chi connectivity index (χ0n) is 24.7. The van der Waals surface area contributed by atoms with E-state index >= 15 is 4.39 Å². The molecule has 1 aliphatic carbocycles. The summed E-state index contributed by atoms with van der Waals surface area (Å²) >= 11 is 0. The molecule has 13 heteroatoms. The van der Waals surface area contributed by atoms with Crippen LogP contribution in [0, 0.1) is 28.8 Å². The highest BCUT2D eigenvalue weighted by atomic mass is 19.2. The van der Waals surface area contributed by atoms with E-state index in [1.807, 2.05) is 13.8 Å². The summed E-state index contributed by atoms with van der Waals surface area (Å²) in [5.74, 6) is -3.73. The number of fused-ring (bicyclic) bond motifs is 1. The van der Waals surface area contributed by atoms with Crippen molar-refractivity contribution in [1.29, 1.82) is 5.26 Å². The Morgan fingerprint density at radius 1 is 1.16 bits per heavy atom. The van der Waals surface area contributed by atoms with Crippen LogP contribution in [0.1, 0.15) is 45.6 Å². The van der Waals surface area contributed by atoms with Gasteiger partial charge in [-0.1, -0.05) is 6.07 Å². The molecule has 0 spiro atoms. The average molecular weight is 617 g/mol. The first kappa shape index (κ1) is 30.1. The molecule has 1 saturated carbocycles. The molecule has 2 aromatic heterocycles. The van der Waals surface area contributed by atoms with Gasteiger partial charge in [0.15, 0.2) is 17.2 Å². The van der Waals surface area contributed by atoms with Crippen molar-refractivity contribution < 1.29 is 22.7 Å². The average Bonchev–Trinajstić information content (AvgIpc) is 3.73. The van der Waals surface area contributed by atoms with E-state index in [4.69, 9.17) is 15.6 Å². The van der Waals surface area contributed by atoms with Gasteiger partial charge in [0.2, 0.25) is 5.82 Å². The van der Waals surface area contributed by atoms with Crippen molar-refractivity contribution in [2.24, 2.45) is 0 Å². The third-order valence-corrected chi connectivity index (χ3v) is 7.90. The second kappa shape index (κ2) is 11.9. The maximum absolute atomic E-state index is 15.6. The first-order valence-electron chi connectivity index (χ1n) is 14.6. The number of carbonyl (C=O) groups excluding carboxylic acids is 1. The van der Waals surface area contributed by atoms with E-state index in [-0.39, 0.29) is 52.6 Å². The highest BCUT2D eigenvalue weighted by Crippen LogP contribution is 2.37. The van der Waals surface area contributed by atoms with Crippen molar-refractivity contribution in [3.05, 3.63) is 71.8 Å². The van der Waals surface area contributed by atoms with Crippen LogP contribution in [0.5, 0.6) is 11.5 Å². The van der Waals surface area contributed by atoms with Gasteiger partial charge in [0.1, 0.15) is 41.0 Å². The number of hydrogen-bond donors (Lipinski definition) is 2. The fraction of sp³-hybridized carbons (Fsp3) is 0.344. The summed E-state index contributed by atoms with van der Waals surface area (Å²) in [6.07, 6.45) is 6.42. The van der Waals surface area contributed by atoms with Gasteiger partial charge in [-0.3, -0.25) is 4.79 Å². The van der Waals surface area contributed by atoms with E-state index in [9.17, 15) is 18.8 Å². The number of nitrogens with one attached hydrogen (secondary N) is 1. The highest BCUT2D eigenvalue weighted by Gasteiger charge is 2.33. The first-order chi connectivity index (χ1) is 21.5. The second-order valence-electron chi connectivity index (χ2n) is 11.9. The van der Waals surface area contributed by atoms with E-state index in [0.717, 1.165) is 25.0 Å². The van der Waals surface area contributed by atoms with E-state index < -0.39 is 23.0 Å². The van der Waals surface area contributed by atoms with Crippen LogP contribution >= 0.6 is 0 Å². The number of likely N-dealkylation sites (tertiary alicyclic amines) is 1. The summed E-state index contributed by atoms with van der Waals surface area (Å²) in [5.41, 5.74) is 6.39. The summed E-state index contributed by atoms with van der Waals surface area (Å²) in [7, 11) is 0. The SMILES string of the molecule is CC(C)(/C=C(/C#N)C(=O)N1CCC[C@H](n2nc(-c3ccc(Oc4cccc(F)c4F)cc3F)c3c(N)ncnc32)C1)NC1CC1. The lowest BCUT2D eigenvalue weighted by atomic mass is 9.99. The summed E-state index contributed by atoms with van der Waals surface area (Å²) in [6, 6.07) is 9.45. The normalized spacial score (nSPS) is 17.4. The number of rotatable bonds is 8. The Morgan fingerprint density at radius 2 is 1.96 bits per heavy atom. The Kier molecular flexibility index (Phi) is 7.92. The summed E-state index contributed by atoms with van der Waals surface area (Å²) in [4.78, 5) is 23.6. The summed E-state index contributed by atoms with van der Waals surface area (Å²) < 4.78 is 50.3. The lowest BCUT2D eigenvalue weighted by Gasteiger charge is -2.33. The van der Waals surface area contributed by atoms with Crippen LogP contribution in [0.2, 0.25) is 0 Å².